The Bertz CT molecular complexity index is 397. The van der Waals surface area contributed by atoms with E-state index in [-0.39, 0.29) is 5.78 Å². The van der Waals surface area contributed by atoms with Gasteiger partial charge in [0.1, 0.15) is 0 Å². The second-order valence-corrected chi connectivity index (χ2v) is 4.93. The zero-order chi connectivity index (χ0) is 12.3. The maximum absolute atomic E-state index is 12.0. The Labute approximate surface area is 107 Å². The molecule has 1 aromatic rings. The number of benzene rings is 1. The van der Waals surface area contributed by atoms with E-state index in [1.54, 1.807) is 12.1 Å². The van der Waals surface area contributed by atoms with Crippen molar-refractivity contribution in [3.8, 4) is 0 Å². The summed E-state index contributed by atoms with van der Waals surface area (Å²) in [4.78, 5) is 12.0. The normalized spacial score (nSPS) is 23.2. The summed E-state index contributed by atoms with van der Waals surface area (Å²) in [5, 5.41) is 0.554. The number of ketones is 1. The molecule has 0 spiro atoms. The minimum atomic E-state index is 0.149. The van der Waals surface area contributed by atoms with Crippen molar-refractivity contribution in [2.75, 3.05) is 6.61 Å². The Hall–Kier alpha value is -0.860. The Morgan fingerprint density at radius 3 is 2.76 bits per heavy atom. The quantitative estimate of drug-likeness (QED) is 0.747. The second kappa shape index (κ2) is 5.65. The molecule has 0 bridgehead atoms. The fourth-order valence-electron chi connectivity index (χ4n) is 2.27. The zero-order valence-corrected chi connectivity index (χ0v) is 10.7. The molecule has 3 heteroatoms. The van der Waals surface area contributed by atoms with E-state index in [4.69, 9.17) is 16.3 Å². The molecule has 2 nitrogen and oxygen atoms in total. The number of ether oxygens (including phenoxy) is 1. The molecule has 0 radical (unpaired) electrons. The standard InChI is InChI=1S/C14H17ClO2/c1-2-17-11-7-10(8-11)9-14(16)12-5-3-4-6-13(12)15/h3-6,10-11H,2,7-9H2,1H3. The molecule has 1 aliphatic rings. The molecule has 0 atom stereocenters. The molecule has 2 rings (SSSR count). The Morgan fingerprint density at radius 2 is 2.12 bits per heavy atom. The fraction of sp³-hybridized carbons (Fsp3) is 0.500. The third-order valence-corrected chi connectivity index (χ3v) is 3.57. The molecule has 1 fully saturated rings. The van der Waals surface area contributed by atoms with E-state index in [0.717, 1.165) is 19.4 Å². The minimum Gasteiger partial charge on any atom is -0.378 e. The number of Topliss-reactive ketones (excluding diaryl/α,β-unsaturated/α-hetero) is 1. The molecular weight excluding hydrogens is 236 g/mol. The van der Waals surface area contributed by atoms with Crippen LogP contribution in [0.2, 0.25) is 5.02 Å². The molecule has 0 amide bonds. The van der Waals surface area contributed by atoms with Crippen LogP contribution in [0.4, 0.5) is 0 Å². The van der Waals surface area contributed by atoms with Crippen LogP contribution in [0.1, 0.15) is 36.5 Å². The molecule has 1 aromatic carbocycles. The van der Waals surface area contributed by atoms with Crippen LogP contribution in [0.3, 0.4) is 0 Å². The lowest BCUT2D eigenvalue weighted by atomic mass is 9.78. The van der Waals surface area contributed by atoms with Gasteiger partial charge in [-0.3, -0.25) is 4.79 Å². The summed E-state index contributed by atoms with van der Waals surface area (Å²) in [6, 6.07) is 7.25. The van der Waals surface area contributed by atoms with Crippen LogP contribution in [0, 0.1) is 5.92 Å². The van der Waals surface area contributed by atoms with Crippen molar-refractivity contribution in [1.82, 2.24) is 0 Å². The van der Waals surface area contributed by atoms with Gasteiger partial charge in [0.15, 0.2) is 5.78 Å². The van der Waals surface area contributed by atoms with Gasteiger partial charge in [0.25, 0.3) is 0 Å². The van der Waals surface area contributed by atoms with Gasteiger partial charge in [0.05, 0.1) is 11.1 Å². The third kappa shape index (κ3) is 3.08. The summed E-state index contributed by atoms with van der Waals surface area (Å²) in [6.07, 6.45) is 2.96. The average molecular weight is 253 g/mol. The van der Waals surface area contributed by atoms with Crippen LogP contribution in [0.15, 0.2) is 24.3 Å². The van der Waals surface area contributed by atoms with Gasteiger partial charge in [-0.05, 0) is 37.8 Å². The first-order valence-electron chi connectivity index (χ1n) is 6.10. The molecule has 0 aromatic heterocycles. The van der Waals surface area contributed by atoms with E-state index in [1.807, 2.05) is 19.1 Å². The number of rotatable bonds is 5. The van der Waals surface area contributed by atoms with E-state index in [2.05, 4.69) is 0 Å². The molecule has 0 unspecified atom stereocenters. The number of halogens is 1. The molecule has 0 heterocycles. The van der Waals surface area contributed by atoms with E-state index in [1.165, 1.54) is 0 Å². The highest BCUT2D eigenvalue weighted by molar-refractivity contribution is 6.33. The average Bonchev–Trinajstić information content (AvgIpc) is 2.26. The van der Waals surface area contributed by atoms with Crippen LogP contribution in [-0.4, -0.2) is 18.5 Å². The lowest BCUT2D eigenvalue weighted by Gasteiger charge is -2.34. The van der Waals surface area contributed by atoms with Crippen molar-refractivity contribution in [3.63, 3.8) is 0 Å². The molecule has 17 heavy (non-hydrogen) atoms. The molecule has 1 saturated carbocycles. The summed E-state index contributed by atoms with van der Waals surface area (Å²) in [5.74, 6) is 0.617. The molecule has 1 aliphatic carbocycles. The van der Waals surface area contributed by atoms with Crippen molar-refractivity contribution in [1.29, 1.82) is 0 Å². The SMILES string of the molecule is CCOC1CC(CC(=O)c2ccccc2Cl)C1. The molecule has 0 aliphatic heterocycles. The van der Waals surface area contributed by atoms with Gasteiger partial charge in [0.2, 0.25) is 0 Å². The summed E-state index contributed by atoms with van der Waals surface area (Å²) in [5.41, 5.74) is 0.647. The van der Waals surface area contributed by atoms with Crippen LogP contribution in [0.5, 0.6) is 0 Å². The van der Waals surface area contributed by atoms with Crippen LogP contribution < -0.4 is 0 Å². The van der Waals surface area contributed by atoms with Crippen molar-refractivity contribution in [3.05, 3.63) is 34.9 Å². The van der Waals surface area contributed by atoms with E-state index < -0.39 is 0 Å². The first-order chi connectivity index (χ1) is 8.20. The molecular formula is C14H17ClO2. The molecule has 0 N–H and O–H groups in total. The van der Waals surface area contributed by atoms with E-state index in [0.29, 0.717) is 29.0 Å². The van der Waals surface area contributed by atoms with Gasteiger partial charge < -0.3 is 4.74 Å². The monoisotopic (exact) mass is 252 g/mol. The smallest absolute Gasteiger partial charge is 0.164 e. The van der Waals surface area contributed by atoms with Crippen molar-refractivity contribution in [2.45, 2.75) is 32.3 Å². The Morgan fingerprint density at radius 1 is 1.41 bits per heavy atom. The van der Waals surface area contributed by atoms with Crippen molar-refractivity contribution >= 4 is 17.4 Å². The summed E-state index contributed by atoms with van der Waals surface area (Å²) >= 11 is 6.00. The van der Waals surface area contributed by atoms with E-state index >= 15 is 0 Å². The Kier molecular flexibility index (Phi) is 4.19. The largest absolute Gasteiger partial charge is 0.378 e. The Balaban J connectivity index is 1.85. The maximum Gasteiger partial charge on any atom is 0.164 e. The lowest BCUT2D eigenvalue weighted by Crippen LogP contribution is -2.32. The number of hydrogen-bond donors (Lipinski definition) is 0. The van der Waals surface area contributed by atoms with Gasteiger partial charge in [-0.1, -0.05) is 23.7 Å². The molecule has 92 valence electrons. The summed E-state index contributed by atoms with van der Waals surface area (Å²) in [7, 11) is 0. The second-order valence-electron chi connectivity index (χ2n) is 4.52. The van der Waals surface area contributed by atoms with Gasteiger partial charge in [-0.2, -0.15) is 0 Å². The first kappa shape index (κ1) is 12.6. The van der Waals surface area contributed by atoms with Gasteiger partial charge in [0, 0.05) is 18.6 Å². The highest BCUT2D eigenvalue weighted by Crippen LogP contribution is 2.34. The van der Waals surface area contributed by atoms with E-state index in [9.17, 15) is 4.79 Å². The predicted octanol–water partition coefficient (Wildman–Crippen LogP) is 3.73. The van der Waals surface area contributed by atoms with Crippen molar-refractivity contribution < 1.29 is 9.53 Å². The minimum absolute atomic E-state index is 0.149. The van der Waals surface area contributed by atoms with Gasteiger partial charge in [-0.15, -0.1) is 0 Å². The topological polar surface area (TPSA) is 26.3 Å². The number of hydrogen-bond acceptors (Lipinski definition) is 2. The highest BCUT2D eigenvalue weighted by Gasteiger charge is 2.31. The van der Waals surface area contributed by atoms with Crippen LogP contribution in [-0.2, 0) is 4.74 Å². The first-order valence-corrected chi connectivity index (χ1v) is 6.47. The van der Waals surface area contributed by atoms with Crippen LogP contribution in [0.25, 0.3) is 0 Å². The summed E-state index contributed by atoms with van der Waals surface area (Å²) < 4.78 is 5.48. The van der Waals surface area contributed by atoms with Gasteiger partial charge in [-0.25, -0.2) is 0 Å². The number of carbonyl (C=O) groups excluding carboxylic acids is 1. The maximum atomic E-state index is 12.0. The zero-order valence-electron chi connectivity index (χ0n) is 9.99. The predicted molar refractivity (Wildman–Crippen MR) is 68.5 cm³/mol. The molecule has 0 saturated heterocycles. The summed E-state index contributed by atoms with van der Waals surface area (Å²) in [6.45, 7) is 2.76. The highest BCUT2D eigenvalue weighted by atomic mass is 35.5. The fourth-order valence-corrected chi connectivity index (χ4v) is 2.51. The van der Waals surface area contributed by atoms with Crippen LogP contribution >= 0.6 is 11.6 Å². The number of carbonyl (C=O) groups is 1. The third-order valence-electron chi connectivity index (χ3n) is 3.24. The lowest BCUT2D eigenvalue weighted by molar-refractivity contribution is -0.0246. The van der Waals surface area contributed by atoms with Crippen molar-refractivity contribution in [2.24, 2.45) is 5.92 Å². The van der Waals surface area contributed by atoms with Gasteiger partial charge >= 0.3 is 0 Å².